The van der Waals surface area contributed by atoms with Gasteiger partial charge in [0.05, 0.1) is 25.3 Å². The van der Waals surface area contributed by atoms with E-state index in [2.05, 4.69) is 54.0 Å². The summed E-state index contributed by atoms with van der Waals surface area (Å²) in [4.78, 5) is 20.4. The fourth-order valence-corrected chi connectivity index (χ4v) is 5.05. The van der Waals surface area contributed by atoms with Crippen molar-refractivity contribution in [3.63, 3.8) is 0 Å². The number of nitrogens with zero attached hydrogens (tertiary/aromatic N) is 6. The Kier molecular flexibility index (Phi) is 8.60. The van der Waals surface area contributed by atoms with Gasteiger partial charge in [-0.15, -0.1) is 0 Å². The minimum absolute atomic E-state index is 0.681. The Morgan fingerprint density at radius 1 is 1.11 bits per heavy atom. The zero-order valence-corrected chi connectivity index (χ0v) is 22.3. The summed E-state index contributed by atoms with van der Waals surface area (Å²) in [6, 6.07) is 8.20. The number of hydrogen-bond donors (Lipinski definition) is 1. The normalized spacial score (nSPS) is 16.7. The Morgan fingerprint density at radius 3 is 2.73 bits per heavy atom. The fraction of sp³-hybridized carbons (Fsp3) is 0.481. The molecule has 0 unspecified atom stereocenters. The molecule has 1 N–H and O–H groups in total. The Bertz CT molecular complexity index is 1180. The van der Waals surface area contributed by atoms with Crippen LogP contribution in [0.2, 0.25) is 0 Å². The van der Waals surface area contributed by atoms with Gasteiger partial charge in [0, 0.05) is 76.2 Å². The predicted molar refractivity (Wildman–Crippen MR) is 149 cm³/mol. The summed E-state index contributed by atoms with van der Waals surface area (Å²) in [5, 5.41) is 5.20. The van der Waals surface area contributed by atoms with Crippen molar-refractivity contribution in [2.45, 2.75) is 19.9 Å². The van der Waals surface area contributed by atoms with E-state index < -0.39 is 0 Å². The third-order valence-electron chi connectivity index (χ3n) is 6.92. The van der Waals surface area contributed by atoms with Crippen molar-refractivity contribution in [1.82, 2.24) is 30.1 Å². The summed E-state index contributed by atoms with van der Waals surface area (Å²) in [6.07, 6.45) is 6.29. The molecular weight excluding hydrogens is 486 g/mol. The van der Waals surface area contributed by atoms with Crippen LogP contribution >= 0.6 is 12.2 Å². The second kappa shape index (κ2) is 12.4. The lowest BCUT2D eigenvalue weighted by Crippen LogP contribution is -2.51. The number of piperazine rings is 1. The summed E-state index contributed by atoms with van der Waals surface area (Å²) in [7, 11) is 0. The first kappa shape index (κ1) is 25.6. The van der Waals surface area contributed by atoms with Crippen LogP contribution in [0.5, 0.6) is 5.75 Å². The van der Waals surface area contributed by atoms with E-state index in [1.807, 2.05) is 18.3 Å². The van der Waals surface area contributed by atoms with E-state index in [0.29, 0.717) is 13.2 Å². The lowest BCUT2D eigenvalue weighted by atomic mass is 10.1. The summed E-state index contributed by atoms with van der Waals surface area (Å²) in [5.74, 6) is 1.87. The van der Waals surface area contributed by atoms with Crippen LogP contribution in [0.25, 0.3) is 10.9 Å². The van der Waals surface area contributed by atoms with Crippen molar-refractivity contribution in [1.29, 1.82) is 0 Å². The van der Waals surface area contributed by atoms with E-state index in [4.69, 9.17) is 21.7 Å². The number of rotatable bonds is 8. The maximum atomic E-state index is 6.15. The first-order valence-corrected chi connectivity index (χ1v) is 13.4. The van der Waals surface area contributed by atoms with Crippen LogP contribution in [0.1, 0.15) is 17.5 Å². The minimum atomic E-state index is 0.681. The SMILES string of the molecule is Cc1cc2c(N3CCN(C(=S)NCc4cccnc4)CC3)ncnc2cc1OCCCN1CCOCC1. The van der Waals surface area contributed by atoms with Crippen molar-refractivity contribution >= 4 is 34.1 Å². The first-order valence-electron chi connectivity index (χ1n) is 13.0. The summed E-state index contributed by atoms with van der Waals surface area (Å²) in [6.45, 7) is 11.6. The van der Waals surface area contributed by atoms with Gasteiger partial charge in [-0.25, -0.2) is 9.97 Å². The number of aryl methyl sites for hydroxylation is 1. The zero-order chi connectivity index (χ0) is 25.5. The van der Waals surface area contributed by atoms with Gasteiger partial charge in [-0.2, -0.15) is 0 Å². The maximum absolute atomic E-state index is 6.15. The van der Waals surface area contributed by atoms with Gasteiger partial charge in [-0.3, -0.25) is 9.88 Å². The Balaban J connectivity index is 1.16. The number of benzene rings is 1. The predicted octanol–water partition coefficient (Wildman–Crippen LogP) is 2.63. The Labute approximate surface area is 223 Å². The van der Waals surface area contributed by atoms with Crippen LogP contribution in [-0.4, -0.2) is 95.5 Å². The summed E-state index contributed by atoms with van der Waals surface area (Å²) >= 11 is 5.65. The van der Waals surface area contributed by atoms with Crippen LogP contribution in [0.15, 0.2) is 43.0 Å². The highest BCUT2D eigenvalue weighted by atomic mass is 32.1. The number of morpholine rings is 1. The molecule has 4 heterocycles. The molecule has 0 amide bonds. The highest BCUT2D eigenvalue weighted by Gasteiger charge is 2.22. The first-order chi connectivity index (χ1) is 18.2. The molecule has 5 rings (SSSR count). The molecule has 10 heteroatoms. The van der Waals surface area contributed by atoms with Crippen LogP contribution in [0.4, 0.5) is 5.82 Å². The van der Waals surface area contributed by atoms with Crippen LogP contribution in [-0.2, 0) is 11.3 Å². The lowest BCUT2D eigenvalue weighted by molar-refractivity contribution is 0.0358. The van der Waals surface area contributed by atoms with Crippen molar-refractivity contribution in [2.75, 3.05) is 70.5 Å². The summed E-state index contributed by atoms with van der Waals surface area (Å²) < 4.78 is 11.6. The van der Waals surface area contributed by atoms with Crippen LogP contribution in [0, 0.1) is 6.92 Å². The molecule has 3 aromatic rings. The van der Waals surface area contributed by atoms with Crippen molar-refractivity contribution in [2.24, 2.45) is 0 Å². The smallest absolute Gasteiger partial charge is 0.169 e. The van der Waals surface area contributed by atoms with E-state index in [1.54, 1.807) is 12.5 Å². The molecule has 0 atom stereocenters. The fourth-order valence-electron chi connectivity index (χ4n) is 4.79. The number of nitrogens with one attached hydrogen (secondary N) is 1. The third kappa shape index (κ3) is 6.63. The van der Waals surface area contributed by atoms with Gasteiger partial charge >= 0.3 is 0 Å². The molecule has 2 fully saturated rings. The van der Waals surface area contributed by atoms with E-state index in [1.165, 1.54) is 0 Å². The number of ether oxygens (including phenoxy) is 2. The molecule has 37 heavy (non-hydrogen) atoms. The molecule has 0 saturated carbocycles. The Hall–Kier alpha value is -3.08. The van der Waals surface area contributed by atoms with Crippen LogP contribution in [0.3, 0.4) is 0 Å². The second-order valence-electron chi connectivity index (χ2n) is 9.48. The average Bonchev–Trinajstić information content (AvgIpc) is 2.95. The highest BCUT2D eigenvalue weighted by Crippen LogP contribution is 2.30. The molecule has 1 aromatic carbocycles. The molecule has 2 saturated heterocycles. The van der Waals surface area contributed by atoms with E-state index in [-0.39, 0.29) is 0 Å². The Morgan fingerprint density at radius 2 is 1.95 bits per heavy atom. The quantitative estimate of drug-likeness (QED) is 0.353. The summed E-state index contributed by atoms with van der Waals surface area (Å²) in [5.41, 5.74) is 3.14. The molecule has 9 nitrogen and oxygen atoms in total. The van der Waals surface area contributed by atoms with Crippen molar-refractivity contribution in [3.8, 4) is 5.75 Å². The third-order valence-corrected chi connectivity index (χ3v) is 7.33. The second-order valence-corrected chi connectivity index (χ2v) is 9.87. The monoisotopic (exact) mass is 521 g/mol. The van der Waals surface area contributed by atoms with E-state index in [0.717, 1.165) is 104 Å². The largest absolute Gasteiger partial charge is 0.493 e. The van der Waals surface area contributed by atoms with Gasteiger partial charge < -0.3 is 24.6 Å². The molecule has 2 aromatic heterocycles. The molecule has 0 radical (unpaired) electrons. The molecule has 2 aliphatic heterocycles. The van der Waals surface area contributed by atoms with Gasteiger partial charge in [-0.1, -0.05) is 6.07 Å². The zero-order valence-electron chi connectivity index (χ0n) is 21.4. The lowest BCUT2D eigenvalue weighted by Gasteiger charge is -2.37. The van der Waals surface area contributed by atoms with Gasteiger partial charge in [0.1, 0.15) is 17.9 Å². The molecule has 0 bridgehead atoms. The maximum Gasteiger partial charge on any atom is 0.169 e. The van der Waals surface area contributed by atoms with E-state index >= 15 is 0 Å². The van der Waals surface area contributed by atoms with Crippen LogP contribution < -0.4 is 15.0 Å². The van der Waals surface area contributed by atoms with Gasteiger partial charge in [0.2, 0.25) is 0 Å². The molecule has 0 spiro atoms. The van der Waals surface area contributed by atoms with Gasteiger partial charge in [-0.05, 0) is 48.8 Å². The molecule has 2 aliphatic rings. The number of thiocarbonyl (C=S) groups is 1. The standard InChI is InChI=1S/C27H35N7O2S/c1-21-16-23-24(17-25(21)36-13-3-6-32-11-14-35-15-12-32)30-20-31-26(23)33-7-9-34(10-8-33)27(37)29-19-22-4-2-5-28-18-22/h2,4-5,16-18,20H,3,6-15,19H2,1H3,(H,29,37). The van der Waals surface area contributed by atoms with Gasteiger partial charge in [0.15, 0.2) is 5.11 Å². The number of aromatic nitrogens is 3. The molecular formula is C27H35N7O2S. The topological polar surface area (TPSA) is 78.9 Å². The number of hydrogen-bond acceptors (Lipinski definition) is 8. The molecule has 0 aliphatic carbocycles. The van der Waals surface area contributed by atoms with Gasteiger partial charge in [0.25, 0.3) is 0 Å². The molecule has 196 valence electrons. The minimum Gasteiger partial charge on any atom is -0.493 e. The number of pyridine rings is 1. The van der Waals surface area contributed by atoms with E-state index in [9.17, 15) is 0 Å². The van der Waals surface area contributed by atoms with Crippen molar-refractivity contribution < 1.29 is 9.47 Å². The number of fused-ring (bicyclic) bond motifs is 1. The van der Waals surface area contributed by atoms with Crippen molar-refractivity contribution in [3.05, 3.63) is 54.1 Å². The number of anilines is 1. The highest BCUT2D eigenvalue weighted by molar-refractivity contribution is 7.80. The average molecular weight is 522 g/mol.